The molecule has 1 amide bonds. The van der Waals surface area contributed by atoms with E-state index in [0.29, 0.717) is 47.8 Å². The molecule has 0 aliphatic carbocycles. The number of nitrogens with zero attached hydrogens (tertiary/aromatic N) is 5. The fraction of sp³-hybridized carbons (Fsp3) is 0.400. The van der Waals surface area contributed by atoms with E-state index < -0.39 is 5.95 Å². The number of amides is 1. The van der Waals surface area contributed by atoms with Gasteiger partial charge in [0.25, 0.3) is 5.91 Å². The van der Waals surface area contributed by atoms with E-state index in [0.717, 1.165) is 41.8 Å². The van der Waals surface area contributed by atoms with Gasteiger partial charge in [-0.1, -0.05) is 13.0 Å². The molecule has 7 nitrogen and oxygen atoms in total. The highest BCUT2D eigenvalue weighted by atomic mass is 19.1. The van der Waals surface area contributed by atoms with E-state index in [4.69, 9.17) is 4.74 Å². The van der Waals surface area contributed by atoms with Crippen LogP contribution < -0.4 is 4.74 Å². The average Bonchev–Trinajstić information content (AvgIpc) is 2.91. The van der Waals surface area contributed by atoms with Gasteiger partial charge in [0.05, 0.1) is 18.3 Å². The normalized spacial score (nSPS) is 13.8. The predicted octanol–water partition coefficient (Wildman–Crippen LogP) is 5.12. The molecule has 1 aliphatic heterocycles. The summed E-state index contributed by atoms with van der Waals surface area (Å²) in [6.45, 7) is 10.5. The standard InChI is InChI=1S/C30H34FN5O2/c1-6-35(5)12-10-21-14-25(23-8-9-29(31)34-19(23)3)24-11-13-36(30(37)26(24)15-21)20(4)27-16-28(38-7-2)22(17-32)18-33-27/h8-9,14-16,18,20H,6-7,10-13H2,1-5H3/t20-/m1/s1. The smallest absolute Gasteiger partial charge is 0.254 e. The second kappa shape index (κ2) is 11.7. The third-order valence-electron chi connectivity index (χ3n) is 7.27. The lowest BCUT2D eigenvalue weighted by atomic mass is 9.86. The number of hydrogen-bond donors (Lipinski definition) is 0. The zero-order valence-electron chi connectivity index (χ0n) is 22.7. The van der Waals surface area contributed by atoms with Crippen LogP contribution in [0.15, 0.2) is 36.5 Å². The summed E-state index contributed by atoms with van der Waals surface area (Å²) >= 11 is 0. The predicted molar refractivity (Wildman–Crippen MR) is 145 cm³/mol. The van der Waals surface area contributed by atoms with Crippen LogP contribution in [0.5, 0.6) is 5.75 Å². The van der Waals surface area contributed by atoms with E-state index in [-0.39, 0.29) is 11.9 Å². The highest BCUT2D eigenvalue weighted by Crippen LogP contribution is 2.36. The van der Waals surface area contributed by atoms with E-state index in [1.807, 2.05) is 24.8 Å². The summed E-state index contributed by atoms with van der Waals surface area (Å²) in [6, 6.07) is 10.8. The van der Waals surface area contributed by atoms with Crippen molar-refractivity contribution in [1.82, 2.24) is 19.8 Å². The Kier molecular flexibility index (Phi) is 8.38. The lowest BCUT2D eigenvalue weighted by Gasteiger charge is -2.35. The number of nitriles is 1. The molecule has 0 unspecified atom stereocenters. The first-order valence-electron chi connectivity index (χ1n) is 13.1. The number of rotatable bonds is 9. The van der Waals surface area contributed by atoms with Gasteiger partial charge in [0.15, 0.2) is 0 Å². The van der Waals surface area contributed by atoms with Crippen LogP contribution in [0.2, 0.25) is 0 Å². The first-order chi connectivity index (χ1) is 18.3. The molecule has 3 heterocycles. The molecule has 1 atom stereocenters. The first-order valence-corrected chi connectivity index (χ1v) is 13.1. The maximum absolute atomic E-state index is 14.0. The number of aryl methyl sites for hydroxylation is 1. The lowest BCUT2D eigenvalue weighted by molar-refractivity contribution is 0.0669. The van der Waals surface area contributed by atoms with Gasteiger partial charge in [-0.15, -0.1) is 0 Å². The Labute approximate surface area is 223 Å². The largest absolute Gasteiger partial charge is 0.492 e. The molecular weight excluding hydrogens is 481 g/mol. The Morgan fingerprint density at radius 1 is 1.21 bits per heavy atom. The topological polar surface area (TPSA) is 82.3 Å². The molecule has 0 radical (unpaired) electrons. The summed E-state index contributed by atoms with van der Waals surface area (Å²) in [5.41, 5.74) is 6.11. The zero-order chi connectivity index (χ0) is 27.4. The van der Waals surface area contributed by atoms with Crippen molar-refractivity contribution in [3.05, 3.63) is 76.1 Å². The number of likely N-dealkylation sites (N-methyl/N-ethyl adjacent to an activating group) is 1. The number of hydrogen-bond acceptors (Lipinski definition) is 6. The molecule has 0 bridgehead atoms. The summed E-state index contributed by atoms with van der Waals surface area (Å²) in [6.07, 6.45) is 2.95. The summed E-state index contributed by atoms with van der Waals surface area (Å²) in [4.78, 5) is 26.5. The van der Waals surface area contributed by atoms with Gasteiger partial charge in [0, 0.05) is 42.2 Å². The SMILES string of the molecule is CCOc1cc([C@@H](C)N2CCc3c(cc(CCN(C)CC)cc3-c3ccc(F)nc3C)C2=O)ncc1C#N. The summed E-state index contributed by atoms with van der Waals surface area (Å²) in [5.74, 6) is -0.110. The maximum atomic E-state index is 14.0. The van der Waals surface area contributed by atoms with Crippen molar-refractivity contribution in [2.75, 3.05) is 33.3 Å². The quantitative estimate of drug-likeness (QED) is 0.368. The molecule has 0 saturated carbocycles. The molecule has 8 heteroatoms. The lowest BCUT2D eigenvalue weighted by Crippen LogP contribution is -2.40. The minimum Gasteiger partial charge on any atom is -0.492 e. The Hall–Kier alpha value is -3.83. The molecule has 0 fully saturated rings. The van der Waals surface area contributed by atoms with Gasteiger partial charge < -0.3 is 14.5 Å². The fourth-order valence-corrected chi connectivity index (χ4v) is 4.93. The molecule has 2 aromatic heterocycles. The van der Waals surface area contributed by atoms with E-state index in [2.05, 4.69) is 41.0 Å². The Morgan fingerprint density at radius 3 is 2.66 bits per heavy atom. The minimum atomic E-state index is -0.516. The fourth-order valence-electron chi connectivity index (χ4n) is 4.93. The van der Waals surface area contributed by atoms with Crippen LogP contribution in [0.4, 0.5) is 4.39 Å². The van der Waals surface area contributed by atoms with Gasteiger partial charge in [-0.25, -0.2) is 4.98 Å². The van der Waals surface area contributed by atoms with E-state index in [1.54, 1.807) is 19.1 Å². The highest BCUT2D eigenvalue weighted by molar-refractivity contribution is 5.99. The van der Waals surface area contributed by atoms with Gasteiger partial charge in [-0.2, -0.15) is 9.65 Å². The van der Waals surface area contributed by atoms with Crippen molar-refractivity contribution in [1.29, 1.82) is 5.26 Å². The van der Waals surface area contributed by atoms with Crippen molar-refractivity contribution < 1.29 is 13.9 Å². The van der Waals surface area contributed by atoms with Crippen molar-refractivity contribution >= 4 is 5.91 Å². The summed E-state index contributed by atoms with van der Waals surface area (Å²) in [7, 11) is 2.07. The Morgan fingerprint density at radius 2 is 1.97 bits per heavy atom. The average molecular weight is 516 g/mol. The number of fused-ring (bicyclic) bond motifs is 1. The number of halogens is 1. The monoisotopic (exact) mass is 515 g/mol. The van der Waals surface area contributed by atoms with Crippen molar-refractivity contribution in [3.63, 3.8) is 0 Å². The van der Waals surface area contributed by atoms with Crippen molar-refractivity contribution in [2.24, 2.45) is 0 Å². The maximum Gasteiger partial charge on any atom is 0.254 e. The number of carbonyl (C=O) groups is 1. The molecule has 0 spiro atoms. The Balaban J connectivity index is 1.74. The van der Waals surface area contributed by atoms with Crippen LogP contribution in [0, 0.1) is 24.2 Å². The molecule has 4 rings (SSSR count). The second-order valence-corrected chi connectivity index (χ2v) is 9.66. The minimum absolute atomic E-state index is 0.0671. The van der Waals surface area contributed by atoms with Crippen LogP contribution in [0.3, 0.4) is 0 Å². The summed E-state index contributed by atoms with van der Waals surface area (Å²) in [5, 5.41) is 9.39. The molecule has 198 valence electrons. The summed E-state index contributed by atoms with van der Waals surface area (Å²) < 4.78 is 19.4. The van der Waals surface area contributed by atoms with Gasteiger partial charge >= 0.3 is 0 Å². The van der Waals surface area contributed by atoms with Crippen molar-refractivity contribution in [2.45, 2.75) is 46.6 Å². The number of pyridine rings is 2. The van der Waals surface area contributed by atoms with Gasteiger partial charge in [0.1, 0.15) is 17.4 Å². The van der Waals surface area contributed by atoms with Gasteiger partial charge in [-0.3, -0.25) is 9.78 Å². The number of benzene rings is 1. The molecule has 3 aromatic rings. The third-order valence-corrected chi connectivity index (χ3v) is 7.27. The molecule has 1 aliphatic rings. The first kappa shape index (κ1) is 27.2. The van der Waals surface area contributed by atoms with Gasteiger partial charge in [-0.05, 0) is 82.1 Å². The third kappa shape index (κ3) is 5.53. The molecule has 38 heavy (non-hydrogen) atoms. The van der Waals surface area contributed by atoms with Crippen LogP contribution in [-0.4, -0.2) is 59.0 Å². The van der Waals surface area contributed by atoms with E-state index in [1.165, 1.54) is 12.3 Å². The van der Waals surface area contributed by atoms with E-state index >= 15 is 0 Å². The van der Waals surface area contributed by atoms with Crippen LogP contribution in [-0.2, 0) is 12.8 Å². The van der Waals surface area contributed by atoms with E-state index in [9.17, 15) is 14.4 Å². The number of ether oxygens (including phenoxy) is 1. The highest BCUT2D eigenvalue weighted by Gasteiger charge is 2.32. The van der Waals surface area contributed by atoms with Crippen LogP contribution in [0.25, 0.3) is 11.1 Å². The Bertz CT molecular complexity index is 1380. The number of aromatic nitrogens is 2. The number of carbonyl (C=O) groups excluding carboxylic acids is 1. The molecular formula is C30H34FN5O2. The van der Waals surface area contributed by atoms with Gasteiger partial charge in [0.2, 0.25) is 5.95 Å². The van der Waals surface area contributed by atoms with Crippen molar-refractivity contribution in [3.8, 4) is 22.9 Å². The molecule has 0 saturated heterocycles. The van der Waals surface area contributed by atoms with Crippen LogP contribution >= 0.6 is 0 Å². The zero-order valence-corrected chi connectivity index (χ0v) is 22.7. The molecule has 0 N–H and O–H groups in total. The van der Waals surface area contributed by atoms with Crippen LogP contribution in [0.1, 0.15) is 65.2 Å². The molecule has 1 aromatic carbocycles. The second-order valence-electron chi connectivity index (χ2n) is 9.66.